The molecule has 0 fully saturated rings. The third kappa shape index (κ3) is 3.88. The molecule has 0 radical (unpaired) electrons. The van der Waals surface area contributed by atoms with Crippen molar-refractivity contribution in [1.29, 1.82) is 0 Å². The van der Waals surface area contributed by atoms with E-state index in [9.17, 15) is 18.0 Å². The van der Waals surface area contributed by atoms with Crippen LogP contribution in [0.3, 0.4) is 0 Å². The van der Waals surface area contributed by atoms with Crippen molar-refractivity contribution in [3.63, 3.8) is 0 Å². The van der Waals surface area contributed by atoms with E-state index in [1.54, 1.807) is 0 Å². The van der Waals surface area contributed by atoms with E-state index in [4.69, 9.17) is 13.9 Å². The third-order valence-electron chi connectivity index (χ3n) is 2.82. The highest BCUT2D eigenvalue weighted by molar-refractivity contribution is 5.73. The smallest absolute Gasteiger partial charge is 0.416 e. The maximum Gasteiger partial charge on any atom is 0.416 e. The zero-order valence-electron chi connectivity index (χ0n) is 11.6. The highest BCUT2D eigenvalue weighted by Crippen LogP contribution is 2.36. The highest BCUT2D eigenvalue weighted by Gasteiger charge is 2.31. The maximum atomic E-state index is 13.0. The highest BCUT2D eigenvalue weighted by atomic mass is 19.4. The van der Waals surface area contributed by atoms with Crippen molar-refractivity contribution in [3.05, 3.63) is 41.7 Å². The van der Waals surface area contributed by atoms with E-state index in [0.29, 0.717) is 6.29 Å². The first-order valence-electron chi connectivity index (χ1n) is 6.33. The molecule has 0 bridgehead atoms. The van der Waals surface area contributed by atoms with Gasteiger partial charge in [-0.15, -0.1) is 0 Å². The van der Waals surface area contributed by atoms with Crippen LogP contribution in [-0.4, -0.2) is 26.6 Å². The molecule has 0 atom stereocenters. The number of hydrogen-bond acceptors (Lipinski definition) is 4. The van der Waals surface area contributed by atoms with Gasteiger partial charge in [0.15, 0.2) is 12.0 Å². The predicted molar refractivity (Wildman–Crippen MR) is 71.9 cm³/mol. The zero-order valence-corrected chi connectivity index (χ0v) is 11.6. The van der Waals surface area contributed by atoms with Crippen LogP contribution in [0.25, 0.3) is 11.3 Å². The van der Waals surface area contributed by atoms with E-state index in [-0.39, 0.29) is 36.0 Å². The van der Waals surface area contributed by atoms with Gasteiger partial charge >= 0.3 is 6.18 Å². The number of furan rings is 1. The molecular formula is C15H13F3O4. The van der Waals surface area contributed by atoms with E-state index >= 15 is 0 Å². The molecule has 0 amide bonds. The van der Waals surface area contributed by atoms with Crippen LogP contribution in [0.2, 0.25) is 0 Å². The molecule has 0 unspecified atom stereocenters. The Morgan fingerprint density at radius 2 is 1.95 bits per heavy atom. The summed E-state index contributed by atoms with van der Waals surface area (Å²) in [6.07, 6.45) is -4.04. The lowest BCUT2D eigenvalue weighted by molar-refractivity contribution is -0.137. The van der Waals surface area contributed by atoms with Gasteiger partial charge in [-0.1, -0.05) is 0 Å². The first kappa shape index (κ1) is 16.1. The summed E-state index contributed by atoms with van der Waals surface area (Å²) >= 11 is 0. The summed E-state index contributed by atoms with van der Waals surface area (Å²) in [6.45, 7) is 0.372. The molecule has 2 aromatic rings. The molecule has 0 saturated heterocycles. The number of ether oxygens (including phenoxy) is 2. The summed E-state index contributed by atoms with van der Waals surface area (Å²) in [7, 11) is 1.46. The number of benzene rings is 1. The molecule has 0 aliphatic heterocycles. The van der Waals surface area contributed by atoms with E-state index in [1.807, 2.05) is 0 Å². The van der Waals surface area contributed by atoms with Gasteiger partial charge in [0.05, 0.1) is 12.2 Å². The average Bonchev–Trinajstić information content (AvgIpc) is 2.95. The van der Waals surface area contributed by atoms with Gasteiger partial charge in [0.1, 0.15) is 18.1 Å². The molecule has 2 rings (SSSR count). The number of carbonyl (C=O) groups is 1. The lowest BCUT2D eigenvalue weighted by Gasteiger charge is -2.12. The fraction of sp³-hybridized carbons (Fsp3) is 0.267. The van der Waals surface area contributed by atoms with E-state index in [1.165, 1.54) is 25.3 Å². The minimum Gasteiger partial charge on any atom is -0.491 e. The molecule has 1 aromatic carbocycles. The van der Waals surface area contributed by atoms with Gasteiger partial charge in [-0.2, -0.15) is 13.2 Å². The Hall–Kier alpha value is -2.28. The van der Waals surface area contributed by atoms with Crippen LogP contribution in [0.1, 0.15) is 16.1 Å². The van der Waals surface area contributed by atoms with Gasteiger partial charge < -0.3 is 13.9 Å². The number of halogens is 3. The van der Waals surface area contributed by atoms with Crippen molar-refractivity contribution in [2.24, 2.45) is 0 Å². The first-order valence-corrected chi connectivity index (χ1v) is 6.33. The Morgan fingerprint density at radius 1 is 1.18 bits per heavy atom. The molecule has 0 spiro atoms. The fourth-order valence-corrected chi connectivity index (χ4v) is 1.80. The monoisotopic (exact) mass is 314 g/mol. The van der Waals surface area contributed by atoms with Gasteiger partial charge in [-0.25, -0.2) is 0 Å². The van der Waals surface area contributed by atoms with Gasteiger partial charge in [0.25, 0.3) is 0 Å². The molecule has 1 aromatic heterocycles. The van der Waals surface area contributed by atoms with Crippen LogP contribution in [0.4, 0.5) is 13.2 Å². The SMILES string of the molecule is COCCOc1cc(-c2ccc(C=O)o2)cc(C(F)(F)F)c1. The van der Waals surface area contributed by atoms with Crippen LogP contribution in [-0.2, 0) is 10.9 Å². The van der Waals surface area contributed by atoms with Crippen molar-refractivity contribution in [2.75, 3.05) is 20.3 Å². The standard InChI is InChI=1S/C15H13F3O4/c1-20-4-5-21-13-7-10(6-11(8-13)15(16,17)18)14-3-2-12(9-19)22-14/h2-3,6-9H,4-5H2,1H3. The molecule has 0 saturated carbocycles. The Labute approximate surface area is 124 Å². The summed E-state index contributed by atoms with van der Waals surface area (Å²) in [5.74, 6) is 0.241. The number of methoxy groups -OCH3 is 1. The molecular weight excluding hydrogens is 301 g/mol. The second kappa shape index (κ2) is 6.65. The fourth-order valence-electron chi connectivity index (χ4n) is 1.80. The molecule has 1 heterocycles. The topological polar surface area (TPSA) is 48.7 Å². The largest absolute Gasteiger partial charge is 0.491 e. The Morgan fingerprint density at radius 3 is 2.55 bits per heavy atom. The van der Waals surface area contributed by atoms with Crippen LogP contribution in [0, 0.1) is 0 Å². The van der Waals surface area contributed by atoms with E-state index < -0.39 is 11.7 Å². The quantitative estimate of drug-likeness (QED) is 0.601. The van der Waals surface area contributed by atoms with E-state index in [2.05, 4.69) is 0 Å². The summed E-state index contributed by atoms with van der Waals surface area (Å²) in [5.41, 5.74) is -0.684. The lowest BCUT2D eigenvalue weighted by atomic mass is 10.1. The summed E-state index contributed by atoms with van der Waals surface area (Å²) in [5, 5.41) is 0. The van der Waals surface area contributed by atoms with Crippen molar-refractivity contribution in [2.45, 2.75) is 6.18 Å². The molecule has 118 valence electrons. The summed E-state index contributed by atoms with van der Waals surface area (Å²) < 4.78 is 54.1. The third-order valence-corrected chi connectivity index (χ3v) is 2.82. The van der Waals surface area contributed by atoms with E-state index in [0.717, 1.165) is 12.1 Å². The normalized spacial score (nSPS) is 11.5. The molecule has 4 nitrogen and oxygen atoms in total. The Kier molecular flexibility index (Phi) is 4.87. The first-order chi connectivity index (χ1) is 10.4. The molecule has 22 heavy (non-hydrogen) atoms. The van der Waals surface area contributed by atoms with Crippen LogP contribution in [0.5, 0.6) is 5.75 Å². The van der Waals surface area contributed by atoms with Gasteiger partial charge in [0, 0.05) is 12.7 Å². The number of hydrogen-bond donors (Lipinski definition) is 0. The molecule has 0 aliphatic rings. The van der Waals surface area contributed by atoms with Gasteiger partial charge in [0.2, 0.25) is 0 Å². The van der Waals surface area contributed by atoms with Crippen LogP contribution in [0.15, 0.2) is 34.7 Å². The number of aldehydes is 1. The summed E-state index contributed by atoms with van der Waals surface area (Å²) in [4.78, 5) is 10.6. The number of alkyl halides is 3. The molecule has 0 N–H and O–H groups in total. The minimum absolute atomic E-state index is 0.0364. The second-order valence-corrected chi connectivity index (χ2v) is 4.40. The van der Waals surface area contributed by atoms with Gasteiger partial charge in [-0.05, 0) is 30.3 Å². The predicted octanol–water partition coefficient (Wildman–Crippen LogP) is 3.80. The van der Waals surface area contributed by atoms with Crippen molar-refractivity contribution in [1.82, 2.24) is 0 Å². The Bertz CT molecular complexity index is 646. The minimum atomic E-state index is -4.52. The summed E-state index contributed by atoms with van der Waals surface area (Å²) in [6, 6.07) is 6.07. The van der Waals surface area contributed by atoms with Crippen molar-refractivity contribution in [3.8, 4) is 17.1 Å². The number of carbonyl (C=O) groups excluding carboxylic acids is 1. The maximum absolute atomic E-state index is 13.0. The average molecular weight is 314 g/mol. The van der Waals surface area contributed by atoms with Crippen molar-refractivity contribution < 1.29 is 31.9 Å². The van der Waals surface area contributed by atoms with Crippen LogP contribution < -0.4 is 4.74 Å². The second-order valence-electron chi connectivity index (χ2n) is 4.40. The zero-order chi connectivity index (χ0) is 16.2. The Balaban J connectivity index is 2.39. The van der Waals surface area contributed by atoms with Crippen molar-refractivity contribution >= 4 is 6.29 Å². The van der Waals surface area contributed by atoms with Crippen LogP contribution >= 0.6 is 0 Å². The molecule has 0 aliphatic carbocycles. The number of rotatable bonds is 6. The molecule has 7 heteroatoms. The van der Waals surface area contributed by atoms with Gasteiger partial charge in [-0.3, -0.25) is 4.79 Å². The lowest BCUT2D eigenvalue weighted by Crippen LogP contribution is -2.08.